The number of likely N-dealkylation sites (tertiary alicyclic amines) is 1. The van der Waals surface area contributed by atoms with Crippen molar-refractivity contribution in [3.8, 4) is 0 Å². The van der Waals surface area contributed by atoms with Crippen molar-refractivity contribution >= 4 is 5.91 Å². The molecule has 92 valence electrons. The Morgan fingerprint density at radius 1 is 1.38 bits per heavy atom. The molecule has 1 heterocycles. The van der Waals surface area contributed by atoms with Crippen LogP contribution >= 0.6 is 0 Å². The zero-order valence-corrected chi connectivity index (χ0v) is 10.5. The van der Waals surface area contributed by atoms with Crippen molar-refractivity contribution in [2.45, 2.75) is 45.6 Å². The molecule has 1 aliphatic heterocycles. The van der Waals surface area contributed by atoms with Gasteiger partial charge in [0.25, 0.3) is 0 Å². The molecule has 0 radical (unpaired) electrons. The fourth-order valence-electron chi connectivity index (χ4n) is 3.12. The van der Waals surface area contributed by atoms with Gasteiger partial charge in [0.05, 0.1) is 6.04 Å². The van der Waals surface area contributed by atoms with Crippen LogP contribution in [0.2, 0.25) is 0 Å². The number of nitrogens with two attached hydrogens (primary N) is 1. The molecule has 1 amide bonds. The van der Waals surface area contributed by atoms with E-state index in [1.54, 1.807) is 0 Å². The quantitative estimate of drug-likeness (QED) is 0.792. The first-order valence-electron chi connectivity index (χ1n) is 6.67. The lowest BCUT2D eigenvalue weighted by Gasteiger charge is -2.24. The van der Waals surface area contributed by atoms with E-state index >= 15 is 0 Å². The highest BCUT2D eigenvalue weighted by atomic mass is 16.2. The molecule has 2 fully saturated rings. The first kappa shape index (κ1) is 11.9. The minimum atomic E-state index is -0.288. The number of carbonyl (C=O) groups excluding carboxylic acids is 1. The molecule has 4 atom stereocenters. The molecule has 2 rings (SSSR count). The molecule has 0 bridgehead atoms. The second kappa shape index (κ2) is 4.74. The number of fused-ring (bicyclic) bond motifs is 1. The van der Waals surface area contributed by atoms with Crippen LogP contribution in [0.15, 0.2) is 0 Å². The van der Waals surface area contributed by atoms with Gasteiger partial charge in [0.1, 0.15) is 0 Å². The van der Waals surface area contributed by atoms with Crippen molar-refractivity contribution in [1.82, 2.24) is 4.90 Å². The Labute approximate surface area is 98.4 Å². The van der Waals surface area contributed by atoms with E-state index in [9.17, 15) is 4.79 Å². The normalized spacial score (nSPS) is 32.6. The van der Waals surface area contributed by atoms with Crippen molar-refractivity contribution in [2.24, 2.45) is 23.5 Å². The molecule has 0 spiro atoms. The van der Waals surface area contributed by atoms with E-state index in [0.717, 1.165) is 31.3 Å². The molecule has 0 aromatic carbocycles. The lowest BCUT2D eigenvalue weighted by molar-refractivity contribution is -0.133. The van der Waals surface area contributed by atoms with Crippen LogP contribution in [0.1, 0.15) is 39.5 Å². The first-order chi connectivity index (χ1) is 7.63. The monoisotopic (exact) mass is 224 g/mol. The van der Waals surface area contributed by atoms with Gasteiger partial charge in [-0.1, -0.05) is 26.7 Å². The number of carbonyl (C=O) groups is 1. The van der Waals surface area contributed by atoms with Crippen LogP contribution in [0, 0.1) is 17.8 Å². The molecule has 4 unspecified atom stereocenters. The molecule has 1 saturated carbocycles. The molecule has 1 saturated heterocycles. The van der Waals surface area contributed by atoms with Crippen LogP contribution < -0.4 is 5.73 Å². The topological polar surface area (TPSA) is 46.3 Å². The van der Waals surface area contributed by atoms with Gasteiger partial charge in [0.2, 0.25) is 5.91 Å². The number of hydrogen-bond donors (Lipinski definition) is 1. The van der Waals surface area contributed by atoms with Crippen LogP contribution in [-0.2, 0) is 4.79 Å². The van der Waals surface area contributed by atoms with Crippen LogP contribution in [0.25, 0.3) is 0 Å². The second-order valence-corrected chi connectivity index (χ2v) is 5.61. The summed E-state index contributed by atoms with van der Waals surface area (Å²) in [5.41, 5.74) is 6.01. The zero-order valence-electron chi connectivity index (χ0n) is 10.5. The van der Waals surface area contributed by atoms with Crippen LogP contribution in [0.3, 0.4) is 0 Å². The molecule has 16 heavy (non-hydrogen) atoms. The molecule has 0 aromatic rings. The summed E-state index contributed by atoms with van der Waals surface area (Å²) >= 11 is 0. The van der Waals surface area contributed by atoms with Crippen molar-refractivity contribution in [1.29, 1.82) is 0 Å². The maximum Gasteiger partial charge on any atom is 0.239 e. The first-order valence-corrected chi connectivity index (χ1v) is 6.67. The third-order valence-corrected chi connectivity index (χ3v) is 4.58. The largest absolute Gasteiger partial charge is 0.341 e. The minimum Gasteiger partial charge on any atom is -0.341 e. The van der Waals surface area contributed by atoms with Gasteiger partial charge in [-0.2, -0.15) is 0 Å². The van der Waals surface area contributed by atoms with Crippen LogP contribution in [-0.4, -0.2) is 29.9 Å². The average Bonchev–Trinajstić information content (AvgIpc) is 2.85. The highest BCUT2D eigenvalue weighted by molar-refractivity contribution is 5.82. The summed E-state index contributed by atoms with van der Waals surface area (Å²) < 4.78 is 0. The third kappa shape index (κ3) is 2.10. The van der Waals surface area contributed by atoms with E-state index in [4.69, 9.17) is 5.73 Å². The smallest absolute Gasteiger partial charge is 0.239 e. The Hall–Kier alpha value is -0.570. The number of rotatable bonds is 3. The van der Waals surface area contributed by atoms with Crippen molar-refractivity contribution in [2.75, 3.05) is 13.1 Å². The highest BCUT2D eigenvalue weighted by Crippen LogP contribution is 2.37. The van der Waals surface area contributed by atoms with Gasteiger partial charge in [0.15, 0.2) is 0 Å². The fourth-order valence-corrected chi connectivity index (χ4v) is 3.12. The summed E-state index contributed by atoms with van der Waals surface area (Å²) in [5, 5.41) is 0. The van der Waals surface area contributed by atoms with Gasteiger partial charge in [-0.3, -0.25) is 4.79 Å². The van der Waals surface area contributed by atoms with Crippen molar-refractivity contribution in [3.63, 3.8) is 0 Å². The standard InChI is InChI=1S/C13H24N2O/c1-3-9(2)12(14)13(16)15-7-10-5-4-6-11(10)8-15/h9-12H,3-8,14H2,1-2H3. The van der Waals surface area contributed by atoms with Gasteiger partial charge in [-0.25, -0.2) is 0 Å². The third-order valence-electron chi connectivity index (χ3n) is 4.58. The summed E-state index contributed by atoms with van der Waals surface area (Å²) in [4.78, 5) is 14.2. The molecule has 3 heteroatoms. The Kier molecular flexibility index (Phi) is 3.53. The van der Waals surface area contributed by atoms with Gasteiger partial charge in [-0.15, -0.1) is 0 Å². The average molecular weight is 224 g/mol. The maximum atomic E-state index is 12.2. The van der Waals surface area contributed by atoms with E-state index < -0.39 is 0 Å². The summed E-state index contributed by atoms with van der Waals surface area (Å²) in [7, 11) is 0. The van der Waals surface area contributed by atoms with Gasteiger partial charge >= 0.3 is 0 Å². The Bertz CT molecular complexity index is 255. The van der Waals surface area contributed by atoms with E-state index in [2.05, 4.69) is 13.8 Å². The molecule has 2 N–H and O–H groups in total. The van der Waals surface area contributed by atoms with Gasteiger partial charge < -0.3 is 10.6 Å². The van der Waals surface area contributed by atoms with Crippen molar-refractivity contribution in [3.05, 3.63) is 0 Å². The summed E-state index contributed by atoms with van der Waals surface area (Å²) in [6, 6.07) is -0.288. The SMILES string of the molecule is CCC(C)C(N)C(=O)N1CC2CCCC2C1. The van der Waals surface area contributed by atoms with Crippen molar-refractivity contribution < 1.29 is 4.79 Å². The van der Waals surface area contributed by atoms with E-state index in [0.29, 0.717) is 5.92 Å². The molecule has 2 aliphatic rings. The second-order valence-electron chi connectivity index (χ2n) is 5.61. The number of hydrogen-bond acceptors (Lipinski definition) is 2. The minimum absolute atomic E-state index is 0.184. The molecule has 3 nitrogen and oxygen atoms in total. The van der Waals surface area contributed by atoms with E-state index in [1.807, 2.05) is 4.90 Å². The molecule has 0 aromatic heterocycles. The van der Waals surface area contributed by atoms with Crippen LogP contribution in [0.5, 0.6) is 0 Å². The number of nitrogens with zero attached hydrogens (tertiary/aromatic N) is 1. The van der Waals surface area contributed by atoms with E-state index in [1.165, 1.54) is 19.3 Å². The number of amides is 1. The molecule has 1 aliphatic carbocycles. The Morgan fingerprint density at radius 3 is 2.44 bits per heavy atom. The summed E-state index contributed by atoms with van der Waals surface area (Å²) in [5.74, 6) is 2.03. The van der Waals surface area contributed by atoms with E-state index in [-0.39, 0.29) is 11.9 Å². The predicted molar refractivity (Wildman–Crippen MR) is 64.8 cm³/mol. The lowest BCUT2D eigenvalue weighted by Crippen LogP contribution is -2.46. The maximum absolute atomic E-state index is 12.2. The Balaban J connectivity index is 1.91. The summed E-state index contributed by atoms with van der Waals surface area (Å²) in [6.45, 7) is 6.09. The predicted octanol–water partition coefficient (Wildman–Crippen LogP) is 1.62. The molecular weight excluding hydrogens is 200 g/mol. The zero-order chi connectivity index (χ0) is 11.7. The summed E-state index contributed by atoms with van der Waals surface area (Å²) in [6.07, 6.45) is 4.96. The molecular formula is C13H24N2O. The fraction of sp³-hybridized carbons (Fsp3) is 0.923. The lowest BCUT2D eigenvalue weighted by atomic mass is 9.99. The van der Waals surface area contributed by atoms with Gasteiger partial charge in [0, 0.05) is 13.1 Å². The Morgan fingerprint density at radius 2 is 1.94 bits per heavy atom. The van der Waals surface area contributed by atoms with Crippen LogP contribution in [0.4, 0.5) is 0 Å². The van der Waals surface area contributed by atoms with Gasteiger partial charge in [-0.05, 0) is 30.6 Å². The highest BCUT2D eigenvalue weighted by Gasteiger charge is 2.39.